The molecule has 0 aliphatic heterocycles. The van der Waals surface area contributed by atoms with Crippen LogP contribution < -0.4 is 11.1 Å². The monoisotopic (exact) mass is 268 g/mol. The van der Waals surface area contributed by atoms with E-state index in [1.807, 2.05) is 18.2 Å². The lowest BCUT2D eigenvalue weighted by Gasteiger charge is -2.09. The third kappa shape index (κ3) is 2.52. The summed E-state index contributed by atoms with van der Waals surface area (Å²) in [6, 6.07) is 6.59. The first kappa shape index (κ1) is 11.0. The van der Waals surface area contributed by atoms with Crippen LogP contribution in [0.3, 0.4) is 0 Å². The molecule has 2 nitrogen and oxygen atoms in total. The summed E-state index contributed by atoms with van der Waals surface area (Å²) < 4.78 is 1.13. The number of rotatable bonds is 3. The quantitative estimate of drug-likeness (QED) is 0.828. The molecule has 0 radical (unpaired) electrons. The van der Waals surface area contributed by atoms with Crippen molar-refractivity contribution >= 4 is 21.6 Å². The Morgan fingerprint density at radius 1 is 1.53 bits per heavy atom. The van der Waals surface area contributed by atoms with Crippen LogP contribution in [0, 0.1) is 5.41 Å². The Morgan fingerprint density at radius 2 is 2.20 bits per heavy atom. The van der Waals surface area contributed by atoms with E-state index in [2.05, 4.69) is 35.1 Å². The highest BCUT2D eigenvalue weighted by atomic mass is 79.9. The molecule has 1 aromatic rings. The number of halogens is 1. The first-order valence-corrected chi connectivity index (χ1v) is 6.05. The van der Waals surface area contributed by atoms with E-state index < -0.39 is 0 Å². The van der Waals surface area contributed by atoms with Gasteiger partial charge in [0.1, 0.15) is 0 Å². The summed E-state index contributed by atoms with van der Waals surface area (Å²) in [5, 5.41) is 3.55. The maximum atomic E-state index is 5.75. The molecule has 1 aromatic carbocycles. The normalized spacial score (nSPS) is 22.7. The fourth-order valence-electron chi connectivity index (χ4n) is 1.78. The van der Waals surface area contributed by atoms with E-state index in [1.54, 1.807) is 0 Å². The van der Waals surface area contributed by atoms with Crippen LogP contribution in [0.4, 0.5) is 5.69 Å². The van der Waals surface area contributed by atoms with E-state index in [-0.39, 0.29) is 0 Å². The van der Waals surface area contributed by atoms with Crippen LogP contribution in [0.2, 0.25) is 0 Å². The molecule has 1 atom stereocenters. The van der Waals surface area contributed by atoms with Crippen molar-refractivity contribution in [3.8, 4) is 0 Å². The summed E-state index contributed by atoms with van der Waals surface area (Å²) in [5.41, 5.74) is 8.29. The zero-order chi connectivity index (χ0) is 11.1. The predicted molar refractivity (Wildman–Crippen MR) is 67.6 cm³/mol. The van der Waals surface area contributed by atoms with Gasteiger partial charge in [-0.05, 0) is 35.6 Å². The van der Waals surface area contributed by atoms with Crippen LogP contribution >= 0.6 is 15.9 Å². The minimum atomic E-state index is 0.479. The van der Waals surface area contributed by atoms with Gasteiger partial charge in [-0.1, -0.05) is 29.8 Å². The van der Waals surface area contributed by atoms with Crippen molar-refractivity contribution in [3.63, 3.8) is 0 Å². The number of hydrogen-bond acceptors (Lipinski definition) is 2. The molecule has 1 fully saturated rings. The minimum Gasteiger partial charge on any atom is -0.399 e. The van der Waals surface area contributed by atoms with Crippen LogP contribution in [-0.4, -0.2) is 6.04 Å². The number of hydrogen-bond donors (Lipinski definition) is 2. The van der Waals surface area contributed by atoms with Crippen molar-refractivity contribution in [2.24, 2.45) is 5.41 Å². The first-order valence-electron chi connectivity index (χ1n) is 5.26. The highest BCUT2D eigenvalue weighted by molar-refractivity contribution is 9.10. The molecule has 1 unspecified atom stereocenters. The van der Waals surface area contributed by atoms with Crippen molar-refractivity contribution in [1.82, 2.24) is 5.32 Å². The Kier molecular flexibility index (Phi) is 2.77. The number of nitrogens with one attached hydrogen (secondary N) is 1. The Morgan fingerprint density at radius 3 is 2.80 bits per heavy atom. The lowest BCUT2D eigenvalue weighted by molar-refractivity contribution is 0.541. The molecule has 0 saturated heterocycles. The minimum absolute atomic E-state index is 0.479. The van der Waals surface area contributed by atoms with Crippen LogP contribution in [0.5, 0.6) is 0 Å². The highest BCUT2D eigenvalue weighted by Crippen LogP contribution is 2.44. The summed E-state index contributed by atoms with van der Waals surface area (Å²) in [4.78, 5) is 0. The Hall–Kier alpha value is -0.540. The van der Waals surface area contributed by atoms with E-state index in [9.17, 15) is 0 Å². The molecule has 0 amide bonds. The van der Waals surface area contributed by atoms with Crippen LogP contribution in [0.15, 0.2) is 22.7 Å². The van der Waals surface area contributed by atoms with Crippen molar-refractivity contribution in [1.29, 1.82) is 0 Å². The van der Waals surface area contributed by atoms with Gasteiger partial charge in [0.15, 0.2) is 0 Å². The van der Waals surface area contributed by atoms with Crippen molar-refractivity contribution in [2.45, 2.75) is 32.9 Å². The average Bonchev–Trinajstić information content (AvgIpc) is 2.76. The largest absolute Gasteiger partial charge is 0.399 e. The Balaban J connectivity index is 1.96. The number of nitrogens with two attached hydrogens (primary N) is 1. The van der Waals surface area contributed by atoms with Crippen molar-refractivity contribution in [3.05, 3.63) is 28.2 Å². The average molecular weight is 269 g/mol. The lowest BCUT2D eigenvalue weighted by atomic mass is 10.1. The zero-order valence-electron chi connectivity index (χ0n) is 9.18. The van der Waals surface area contributed by atoms with Crippen molar-refractivity contribution < 1.29 is 0 Å². The van der Waals surface area contributed by atoms with E-state index in [1.165, 1.54) is 12.0 Å². The third-order valence-corrected chi connectivity index (χ3v) is 3.90. The topological polar surface area (TPSA) is 38.0 Å². The fourth-order valence-corrected chi connectivity index (χ4v) is 2.17. The van der Waals surface area contributed by atoms with Gasteiger partial charge in [0, 0.05) is 22.7 Å². The van der Waals surface area contributed by atoms with Gasteiger partial charge in [0.2, 0.25) is 0 Å². The zero-order valence-corrected chi connectivity index (χ0v) is 10.8. The van der Waals surface area contributed by atoms with E-state index >= 15 is 0 Å². The molecule has 1 aliphatic carbocycles. The van der Waals surface area contributed by atoms with Crippen LogP contribution in [0.1, 0.15) is 25.8 Å². The van der Waals surface area contributed by atoms with E-state index in [0.717, 1.165) is 16.7 Å². The SMILES string of the molecule is CC1(C)CC1NCc1cc(N)ccc1Br. The predicted octanol–water partition coefficient (Wildman–Crippen LogP) is 2.92. The van der Waals surface area contributed by atoms with Crippen molar-refractivity contribution in [2.75, 3.05) is 5.73 Å². The van der Waals surface area contributed by atoms with Crippen LogP contribution in [-0.2, 0) is 6.54 Å². The highest BCUT2D eigenvalue weighted by Gasteiger charge is 2.44. The second kappa shape index (κ2) is 3.80. The molecule has 3 heteroatoms. The van der Waals surface area contributed by atoms with E-state index in [0.29, 0.717) is 11.5 Å². The molecule has 1 aliphatic rings. The smallest absolute Gasteiger partial charge is 0.0318 e. The molecule has 3 N–H and O–H groups in total. The summed E-state index contributed by atoms with van der Waals surface area (Å²) in [6.07, 6.45) is 1.27. The molecule has 0 aromatic heterocycles. The summed E-state index contributed by atoms with van der Waals surface area (Å²) >= 11 is 3.53. The molecule has 15 heavy (non-hydrogen) atoms. The Bertz CT molecular complexity index is 374. The van der Waals surface area contributed by atoms with Gasteiger partial charge >= 0.3 is 0 Å². The van der Waals surface area contributed by atoms with Gasteiger partial charge < -0.3 is 11.1 Å². The second-order valence-corrected chi connectivity index (χ2v) is 5.83. The van der Waals surface area contributed by atoms with Gasteiger partial charge in [0.05, 0.1) is 0 Å². The maximum absolute atomic E-state index is 5.75. The van der Waals surface area contributed by atoms with E-state index in [4.69, 9.17) is 5.73 Å². The lowest BCUT2D eigenvalue weighted by Crippen LogP contribution is -2.20. The van der Waals surface area contributed by atoms with Crippen LogP contribution in [0.25, 0.3) is 0 Å². The first-order chi connectivity index (χ1) is 6.99. The standard InChI is InChI=1S/C12H17BrN2/c1-12(2)6-11(12)15-7-8-5-9(14)3-4-10(8)13/h3-5,11,15H,6-7,14H2,1-2H3. The molecule has 82 valence electrons. The summed E-state index contributed by atoms with van der Waals surface area (Å²) in [5.74, 6) is 0. The molecule has 0 heterocycles. The fraction of sp³-hybridized carbons (Fsp3) is 0.500. The molecule has 0 bridgehead atoms. The number of nitrogen functional groups attached to an aromatic ring is 1. The Labute approximate surface area is 99.4 Å². The number of benzene rings is 1. The molecular weight excluding hydrogens is 252 g/mol. The van der Waals surface area contributed by atoms with Gasteiger partial charge in [-0.3, -0.25) is 0 Å². The van der Waals surface area contributed by atoms with Gasteiger partial charge in [-0.2, -0.15) is 0 Å². The number of anilines is 1. The molecule has 2 rings (SSSR count). The molecule has 0 spiro atoms. The molecule has 1 saturated carbocycles. The second-order valence-electron chi connectivity index (χ2n) is 4.98. The molecular formula is C12H17BrN2. The summed E-state index contributed by atoms with van der Waals surface area (Å²) in [6.45, 7) is 5.47. The van der Waals surface area contributed by atoms with Gasteiger partial charge in [-0.25, -0.2) is 0 Å². The van der Waals surface area contributed by atoms with Gasteiger partial charge in [-0.15, -0.1) is 0 Å². The third-order valence-electron chi connectivity index (χ3n) is 3.12. The maximum Gasteiger partial charge on any atom is 0.0318 e. The summed E-state index contributed by atoms with van der Waals surface area (Å²) in [7, 11) is 0. The van der Waals surface area contributed by atoms with Gasteiger partial charge in [0.25, 0.3) is 0 Å².